The second-order valence-corrected chi connectivity index (χ2v) is 3.46. The van der Waals surface area contributed by atoms with Crippen molar-refractivity contribution in [2.75, 3.05) is 5.73 Å². The number of halogens is 1. The van der Waals surface area contributed by atoms with E-state index in [-0.39, 0.29) is 5.82 Å². The van der Waals surface area contributed by atoms with Crippen molar-refractivity contribution in [3.05, 3.63) is 47.9 Å². The molecule has 0 aliphatic carbocycles. The molecule has 1 aromatic carbocycles. The van der Waals surface area contributed by atoms with Gasteiger partial charge in [0.15, 0.2) is 0 Å². The summed E-state index contributed by atoms with van der Waals surface area (Å²) in [5, 5.41) is 0. The van der Waals surface area contributed by atoms with Gasteiger partial charge in [0.1, 0.15) is 11.6 Å². The van der Waals surface area contributed by atoms with Gasteiger partial charge >= 0.3 is 0 Å². The molecule has 15 heavy (non-hydrogen) atoms. The van der Waals surface area contributed by atoms with E-state index in [0.717, 1.165) is 11.1 Å². The van der Waals surface area contributed by atoms with E-state index < -0.39 is 0 Å². The normalized spacial score (nSPS) is 10.3. The summed E-state index contributed by atoms with van der Waals surface area (Å²) < 4.78 is 13.6. The lowest BCUT2D eigenvalue weighted by Gasteiger charge is -2.04. The summed E-state index contributed by atoms with van der Waals surface area (Å²) in [4.78, 5) is 3.93. The largest absolute Gasteiger partial charge is 0.384 e. The molecule has 0 bridgehead atoms. The van der Waals surface area contributed by atoms with Crippen LogP contribution in [0.3, 0.4) is 0 Å². The van der Waals surface area contributed by atoms with Gasteiger partial charge in [-0.3, -0.25) is 0 Å². The minimum Gasteiger partial charge on any atom is -0.384 e. The molecule has 2 rings (SSSR count). The van der Waals surface area contributed by atoms with Crippen molar-refractivity contribution in [2.45, 2.75) is 6.92 Å². The monoisotopic (exact) mass is 202 g/mol. The molecule has 0 fully saturated rings. The summed E-state index contributed by atoms with van der Waals surface area (Å²) in [7, 11) is 0. The van der Waals surface area contributed by atoms with E-state index in [0.29, 0.717) is 11.4 Å². The Hall–Kier alpha value is -1.90. The Balaban J connectivity index is 2.49. The molecule has 0 aliphatic heterocycles. The maximum atomic E-state index is 13.6. The number of rotatable bonds is 1. The van der Waals surface area contributed by atoms with Gasteiger partial charge in [0.05, 0.1) is 0 Å². The third kappa shape index (κ3) is 1.96. The molecule has 2 N–H and O–H groups in total. The molecule has 0 saturated heterocycles. The fourth-order valence-corrected chi connectivity index (χ4v) is 1.42. The predicted molar refractivity (Wildman–Crippen MR) is 58.8 cm³/mol. The molecule has 76 valence electrons. The number of nitrogens with zero attached hydrogens (tertiary/aromatic N) is 1. The van der Waals surface area contributed by atoms with Gasteiger partial charge in [-0.1, -0.05) is 12.1 Å². The maximum Gasteiger partial charge on any atom is 0.131 e. The van der Waals surface area contributed by atoms with Crippen LogP contribution in [0.4, 0.5) is 10.2 Å². The molecule has 3 heteroatoms. The zero-order valence-corrected chi connectivity index (χ0v) is 8.37. The van der Waals surface area contributed by atoms with E-state index >= 15 is 0 Å². The van der Waals surface area contributed by atoms with Crippen molar-refractivity contribution >= 4 is 5.82 Å². The van der Waals surface area contributed by atoms with E-state index in [2.05, 4.69) is 4.98 Å². The lowest BCUT2D eigenvalue weighted by atomic mass is 10.1. The zero-order chi connectivity index (χ0) is 10.8. The fourth-order valence-electron chi connectivity index (χ4n) is 1.42. The molecule has 0 unspecified atom stereocenters. The van der Waals surface area contributed by atoms with Crippen LogP contribution in [0.1, 0.15) is 5.56 Å². The first kappa shape index (κ1) is 9.65. The quantitative estimate of drug-likeness (QED) is 0.772. The summed E-state index contributed by atoms with van der Waals surface area (Å²) in [6.45, 7) is 1.86. The predicted octanol–water partition coefficient (Wildman–Crippen LogP) is 2.78. The van der Waals surface area contributed by atoms with Crippen LogP contribution in [-0.2, 0) is 0 Å². The molecular weight excluding hydrogens is 191 g/mol. The second kappa shape index (κ2) is 3.69. The van der Waals surface area contributed by atoms with Crippen molar-refractivity contribution in [3.8, 4) is 11.1 Å². The number of aryl methyl sites for hydroxylation is 1. The number of anilines is 1. The first-order valence-corrected chi connectivity index (χ1v) is 4.65. The van der Waals surface area contributed by atoms with Crippen molar-refractivity contribution < 1.29 is 4.39 Å². The Morgan fingerprint density at radius 2 is 2.00 bits per heavy atom. The van der Waals surface area contributed by atoms with Crippen LogP contribution >= 0.6 is 0 Å². The summed E-state index contributed by atoms with van der Waals surface area (Å²) in [6.07, 6.45) is 1.57. The Kier molecular flexibility index (Phi) is 2.37. The molecule has 2 nitrogen and oxygen atoms in total. The summed E-state index contributed by atoms with van der Waals surface area (Å²) in [5.41, 5.74) is 7.65. The Morgan fingerprint density at radius 1 is 1.20 bits per heavy atom. The van der Waals surface area contributed by atoms with E-state index in [4.69, 9.17) is 5.73 Å². The van der Waals surface area contributed by atoms with Gasteiger partial charge in [-0.25, -0.2) is 9.37 Å². The van der Waals surface area contributed by atoms with E-state index in [1.807, 2.05) is 13.0 Å². The van der Waals surface area contributed by atoms with Gasteiger partial charge in [-0.2, -0.15) is 0 Å². The zero-order valence-electron chi connectivity index (χ0n) is 8.37. The smallest absolute Gasteiger partial charge is 0.131 e. The van der Waals surface area contributed by atoms with Crippen molar-refractivity contribution in [1.82, 2.24) is 4.98 Å². The molecule has 0 saturated carbocycles. The number of benzene rings is 1. The van der Waals surface area contributed by atoms with Gasteiger partial charge in [-0.15, -0.1) is 0 Å². The van der Waals surface area contributed by atoms with E-state index in [1.54, 1.807) is 24.4 Å². The second-order valence-electron chi connectivity index (χ2n) is 3.46. The number of pyridine rings is 1. The van der Waals surface area contributed by atoms with Crippen LogP contribution in [0, 0.1) is 12.7 Å². The standard InChI is InChI=1S/C12H11FN2/c1-8-2-4-10(11(13)6-8)9-3-5-12(14)15-7-9/h2-7H,1H3,(H2,14,15). The molecule has 0 aliphatic rings. The van der Waals surface area contributed by atoms with E-state index in [9.17, 15) is 4.39 Å². The van der Waals surface area contributed by atoms with Crippen molar-refractivity contribution in [3.63, 3.8) is 0 Å². The number of hydrogen-bond donors (Lipinski definition) is 1. The Morgan fingerprint density at radius 3 is 2.60 bits per heavy atom. The summed E-state index contributed by atoms with van der Waals surface area (Å²) in [6, 6.07) is 8.54. The minimum absolute atomic E-state index is 0.235. The van der Waals surface area contributed by atoms with Crippen LogP contribution < -0.4 is 5.73 Å². The molecule has 2 aromatic rings. The van der Waals surface area contributed by atoms with Gasteiger partial charge < -0.3 is 5.73 Å². The SMILES string of the molecule is Cc1ccc(-c2ccc(N)nc2)c(F)c1. The lowest BCUT2D eigenvalue weighted by molar-refractivity contribution is 0.630. The fraction of sp³-hybridized carbons (Fsp3) is 0.0833. The molecule has 0 atom stereocenters. The highest BCUT2D eigenvalue weighted by Crippen LogP contribution is 2.23. The molecule has 1 aromatic heterocycles. The van der Waals surface area contributed by atoms with Crippen LogP contribution in [0.25, 0.3) is 11.1 Å². The van der Waals surface area contributed by atoms with Gasteiger partial charge in [0.25, 0.3) is 0 Å². The highest BCUT2D eigenvalue weighted by atomic mass is 19.1. The number of hydrogen-bond acceptors (Lipinski definition) is 2. The van der Waals surface area contributed by atoms with E-state index in [1.165, 1.54) is 6.07 Å². The van der Waals surface area contributed by atoms with Gasteiger partial charge in [0, 0.05) is 17.3 Å². The van der Waals surface area contributed by atoms with Crippen molar-refractivity contribution in [2.24, 2.45) is 0 Å². The summed E-state index contributed by atoms with van der Waals surface area (Å²) in [5.74, 6) is 0.202. The minimum atomic E-state index is -0.235. The first-order valence-electron chi connectivity index (χ1n) is 4.65. The highest BCUT2D eigenvalue weighted by Gasteiger charge is 2.04. The van der Waals surface area contributed by atoms with Crippen molar-refractivity contribution in [1.29, 1.82) is 0 Å². The van der Waals surface area contributed by atoms with Crippen LogP contribution in [-0.4, -0.2) is 4.98 Å². The number of nitrogens with two attached hydrogens (primary N) is 1. The average Bonchev–Trinajstić information content (AvgIpc) is 2.20. The number of aromatic nitrogens is 1. The summed E-state index contributed by atoms with van der Waals surface area (Å²) >= 11 is 0. The van der Waals surface area contributed by atoms with Gasteiger partial charge in [-0.05, 0) is 30.7 Å². The topological polar surface area (TPSA) is 38.9 Å². The van der Waals surface area contributed by atoms with Gasteiger partial charge in [0.2, 0.25) is 0 Å². The average molecular weight is 202 g/mol. The maximum absolute atomic E-state index is 13.6. The number of nitrogen functional groups attached to an aromatic ring is 1. The Labute approximate surface area is 87.6 Å². The molecular formula is C12H11FN2. The molecule has 0 spiro atoms. The third-order valence-corrected chi connectivity index (χ3v) is 2.22. The molecule has 0 amide bonds. The lowest BCUT2D eigenvalue weighted by Crippen LogP contribution is -1.90. The third-order valence-electron chi connectivity index (χ3n) is 2.22. The van der Waals surface area contributed by atoms with Crippen LogP contribution in [0.15, 0.2) is 36.5 Å². The van der Waals surface area contributed by atoms with Crippen LogP contribution in [0.5, 0.6) is 0 Å². The van der Waals surface area contributed by atoms with Crippen LogP contribution in [0.2, 0.25) is 0 Å². The highest BCUT2D eigenvalue weighted by molar-refractivity contribution is 5.64. The first-order chi connectivity index (χ1) is 7.16. The Bertz CT molecular complexity index is 477. The molecule has 1 heterocycles. The molecule has 0 radical (unpaired) electrons.